The van der Waals surface area contributed by atoms with Gasteiger partial charge in [0.25, 0.3) is 5.91 Å². The molecule has 2 aromatic carbocycles. The lowest BCUT2D eigenvalue weighted by atomic mass is 10.1. The van der Waals surface area contributed by atoms with Crippen molar-refractivity contribution in [1.82, 2.24) is 5.43 Å². The summed E-state index contributed by atoms with van der Waals surface area (Å²) in [6, 6.07) is 12.5. The molecule has 0 bridgehead atoms. The molecule has 0 radical (unpaired) electrons. The standard InChI is InChI=1S/C17H18N2O2/c1-11-4-7-14(8-5-11)17(21)19-18-13(3)15-10-12(2)6-9-16(15)20/h4-10,20H,1-3H3,(H,19,21)/b18-13+. The number of carbonyl (C=O) groups excluding carboxylic acids is 1. The summed E-state index contributed by atoms with van der Waals surface area (Å²) in [5, 5.41) is 13.9. The first-order chi connectivity index (χ1) is 9.97. The number of aryl methyl sites for hydroxylation is 2. The van der Waals surface area contributed by atoms with Crippen LogP contribution in [0, 0.1) is 13.8 Å². The van der Waals surface area contributed by atoms with E-state index in [1.54, 1.807) is 25.1 Å². The molecule has 0 saturated heterocycles. The number of aromatic hydroxyl groups is 1. The smallest absolute Gasteiger partial charge is 0.271 e. The van der Waals surface area contributed by atoms with Crippen molar-refractivity contribution in [3.8, 4) is 5.75 Å². The Labute approximate surface area is 124 Å². The average Bonchev–Trinajstić information content (AvgIpc) is 2.47. The van der Waals surface area contributed by atoms with Crippen LogP contribution in [0.5, 0.6) is 5.75 Å². The van der Waals surface area contributed by atoms with Crippen LogP contribution in [0.4, 0.5) is 0 Å². The van der Waals surface area contributed by atoms with Crippen molar-refractivity contribution in [1.29, 1.82) is 0 Å². The molecule has 0 saturated carbocycles. The normalized spacial score (nSPS) is 11.3. The van der Waals surface area contributed by atoms with Crippen LogP contribution in [0.25, 0.3) is 0 Å². The lowest BCUT2D eigenvalue weighted by Gasteiger charge is -2.06. The third kappa shape index (κ3) is 3.69. The summed E-state index contributed by atoms with van der Waals surface area (Å²) >= 11 is 0. The second kappa shape index (κ2) is 6.22. The van der Waals surface area contributed by atoms with Crippen LogP contribution in [-0.2, 0) is 0 Å². The summed E-state index contributed by atoms with van der Waals surface area (Å²) in [6.07, 6.45) is 0. The number of hydrazone groups is 1. The average molecular weight is 282 g/mol. The first kappa shape index (κ1) is 14.8. The molecule has 1 amide bonds. The Morgan fingerprint density at radius 2 is 1.67 bits per heavy atom. The van der Waals surface area contributed by atoms with Gasteiger partial charge in [-0.15, -0.1) is 0 Å². The van der Waals surface area contributed by atoms with Gasteiger partial charge in [-0.1, -0.05) is 29.3 Å². The van der Waals surface area contributed by atoms with E-state index in [9.17, 15) is 9.90 Å². The van der Waals surface area contributed by atoms with Gasteiger partial charge in [0.2, 0.25) is 0 Å². The van der Waals surface area contributed by atoms with Gasteiger partial charge >= 0.3 is 0 Å². The Hall–Kier alpha value is -2.62. The molecule has 4 nitrogen and oxygen atoms in total. The molecule has 108 valence electrons. The molecule has 0 unspecified atom stereocenters. The van der Waals surface area contributed by atoms with Gasteiger partial charge < -0.3 is 5.11 Å². The Morgan fingerprint density at radius 1 is 1.05 bits per heavy atom. The van der Waals surface area contributed by atoms with Gasteiger partial charge in [0.05, 0.1) is 5.71 Å². The number of carbonyl (C=O) groups is 1. The third-order valence-electron chi connectivity index (χ3n) is 3.18. The molecular weight excluding hydrogens is 264 g/mol. The van der Waals surface area contributed by atoms with Crippen LogP contribution >= 0.6 is 0 Å². The predicted octanol–water partition coefficient (Wildman–Crippen LogP) is 3.16. The van der Waals surface area contributed by atoms with Gasteiger partial charge in [-0.3, -0.25) is 4.79 Å². The van der Waals surface area contributed by atoms with E-state index < -0.39 is 0 Å². The quantitative estimate of drug-likeness (QED) is 0.671. The van der Waals surface area contributed by atoms with Gasteiger partial charge in [-0.05, 0) is 45.0 Å². The molecule has 0 aliphatic carbocycles. The summed E-state index contributed by atoms with van der Waals surface area (Å²) < 4.78 is 0. The molecule has 0 fully saturated rings. The molecule has 2 rings (SSSR count). The minimum atomic E-state index is -0.276. The summed E-state index contributed by atoms with van der Waals surface area (Å²) in [5.41, 5.74) is 6.32. The van der Waals surface area contributed by atoms with Crippen molar-refractivity contribution >= 4 is 11.6 Å². The number of benzene rings is 2. The van der Waals surface area contributed by atoms with Gasteiger partial charge in [0.15, 0.2) is 0 Å². The van der Waals surface area contributed by atoms with E-state index in [1.807, 2.05) is 38.1 Å². The van der Waals surface area contributed by atoms with Crippen LogP contribution in [0.3, 0.4) is 0 Å². The molecule has 2 N–H and O–H groups in total. The van der Waals surface area contributed by atoms with E-state index in [-0.39, 0.29) is 11.7 Å². The Balaban J connectivity index is 2.14. The minimum Gasteiger partial charge on any atom is -0.507 e. The fourth-order valence-corrected chi connectivity index (χ4v) is 1.90. The topological polar surface area (TPSA) is 61.7 Å². The maximum Gasteiger partial charge on any atom is 0.271 e. The number of hydrogen-bond donors (Lipinski definition) is 2. The van der Waals surface area contributed by atoms with Crippen molar-refractivity contribution in [2.75, 3.05) is 0 Å². The van der Waals surface area contributed by atoms with E-state index in [4.69, 9.17) is 0 Å². The van der Waals surface area contributed by atoms with Gasteiger partial charge in [-0.2, -0.15) is 5.10 Å². The van der Waals surface area contributed by atoms with Gasteiger partial charge in [-0.25, -0.2) is 5.43 Å². The molecule has 0 heterocycles. The zero-order chi connectivity index (χ0) is 15.4. The molecule has 0 aliphatic rings. The maximum absolute atomic E-state index is 12.0. The highest BCUT2D eigenvalue weighted by atomic mass is 16.3. The van der Waals surface area contributed by atoms with E-state index in [0.29, 0.717) is 16.8 Å². The van der Waals surface area contributed by atoms with Crippen molar-refractivity contribution in [3.63, 3.8) is 0 Å². The lowest BCUT2D eigenvalue weighted by molar-refractivity contribution is 0.0955. The highest BCUT2D eigenvalue weighted by Gasteiger charge is 2.07. The zero-order valence-corrected chi connectivity index (χ0v) is 12.3. The second-order valence-electron chi connectivity index (χ2n) is 5.02. The molecule has 4 heteroatoms. The number of hydrogen-bond acceptors (Lipinski definition) is 3. The van der Waals surface area contributed by atoms with Gasteiger partial charge in [0, 0.05) is 11.1 Å². The molecule has 0 aliphatic heterocycles. The highest BCUT2D eigenvalue weighted by Crippen LogP contribution is 2.18. The summed E-state index contributed by atoms with van der Waals surface area (Å²) in [6.45, 7) is 5.63. The zero-order valence-electron chi connectivity index (χ0n) is 12.3. The number of phenols is 1. The first-order valence-electron chi connectivity index (χ1n) is 6.68. The number of rotatable bonds is 3. The molecule has 21 heavy (non-hydrogen) atoms. The molecule has 0 aromatic heterocycles. The van der Waals surface area contributed by atoms with Crippen LogP contribution in [0.1, 0.15) is 34.0 Å². The van der Waals surface area contributed by atoms with E-state index in [1.165, 1.54) is 0 Å². The van der Waals surface area contributed by atoms with Crippen molar-refractivity contribution < 1.29 is 9.90 Å². The van der Waals surface area contributed by atoms with Crippen LogP contribution in [0.15, 0.2) is 47.6 Å². The van der Waals surface area contributed by atoms with Crippen molar-refractivity contribution in [2.24, 2.45) is 5.10 Å². The Bertz CT molecular complexity index is 688. The SMILES string of the molecule is C/C(=N\NC(=O)c1ccc(C)cc1)c1cc(C)ccc1O. The Kier molecular flexibility index (Phi) is 4.38. The largest absolute Gasteiger partial charge is 0.507 e. The van der Waals surface area contributed by atoms with Gasteiger partial charge in [0.1, 0.15) is 5.75 Å². The van der Waals surface area contributed by atoms with E-state index >= 15 is 0 Å². The number of amides is 1. The minimum absolute atomic E-state index is 0.145. The fraction of sp³-hybridized carbons (Fsp3) is 0.176. The number of nitrogens with one attached hydrogen (secondary N) is 1. The van der Waals surface area contributed by atoms with Crippen molar-refractivity contribution in [3.05, 3.63) is 64.7 Å². The summed E-state index contributed by atoms with van der Waals surface area (Å²) in [7, 11) is 0. The summed E-state index contributed by atoms with van der Waals surface area (Å²) in [5.74, 6) is -0.132. The molecule has 0 spiro atoms. The first-order valence-corrected chi connectivity index (χ1v) is 6.68. The molecular formula is C17H18N2O2. The predicted molar refractivity (Wildman–Crippen MR) is 83.7 cm³/mol. The van der Waals surface area contributed by atoms with Crippen molar-refractivity contribution in [2.45, 2.75) is 20.8 Å². The second-order valence-corrected chi connectivity index (χ2v) is 5.02. The van der Waals surface area contributed by atoms with E-state index in [2.05, 4.69) is 10.5 Å². The maximum atomic E-state index is 12.0. The Morgan fingerprint density at radius 3 is 2.33 bits per heavy atom. The summed E-state index contributed by atoms with van der Waals surface area (Å²) in [4.78, 5) is 12.0. The fourth-order valence-electron chi connectivity index (χ4n) is 1.90. The lowest BCUT2D eigenvalue weighted by Crippen LogP contribution is -2.19. The van der Waals surface area contributed by atoms with Crippen LogP contribution < -0.4 is 5.43 Å². The monoisotopic (exact) mass is 282 g/mol. The highest BCUT2D eigenvalue weighted by molar-refractivity contribution is 6.02. The third-order valence-corrected chi connectivity index (χ3v) is 3.18. The van der Waals surface area contributed by atoms with Crippen LogP contribution in [-0.4, -0.2) is 16.7 Å². The van der Waals surface area contributed by atoms with E-state index in [0.717, 1.165) is 11.1 Å². The van der Waals surface area contributed by atoms with Crippen LogP contribution in [0.2, 0.25) is 0 Å². The number of phenolic OH excluding ortho intramolecular Hbond substituents is 1. The molecule has 2 aromatic rings. The number of nitrogens with zero attached hydrogens (tertiary/aromatic N) is 1. The molecule has 0 atom stereocenters.